The first-order valence-corrected chi connectivity index (χ1v) is 5.60. The van der Waals surface area contributed by atoms with Crippen LogP contribution >= 0.6 is 0 Å². The first-order valence-electron chi connectivity index (χ1n) is 5.60. The molecule has 16 heavy (non-hydrogen) atoms. The average Bonchev–Trinajstić information content (AvgIpc) is 2.32. The van der Waals surface area contributed by atoms with Crippen LogP contribution < -0.4 is 10.6 Å². The van der Waals surface area contributed by atoms with Crippen LogP contribution in [0, 0.1) is 0 Å². The van der Waals surface area contributed by atoms with Gasteiger partial charge in [0.25, 0.3) is 0 Å². The van der Waals surface area contributed by atoms with E-state index in [2.05, 4.69) is 31.8 Å². The van der Waals surface area contributed by atoms with Crippen LogP contribution in [-0.4, -0.2) is 53.1 Å². The van der Waals surface area contributed by atoms with E-state index in [1.807, 2.05) is 13.8 Å². The van der Waals surface area contributed by atoms with Gasteiger partial charge in [-0.1, -0.05) is 13.8 Å². The highest BCUT2D eigenvalue weighted by atomic mass is 16.1. The van der Waals surface area contributed by atoms with Crippen molar-refractivity contribution in [3.8, 4) is 0 Å². The predicted molar refractivity (Wildman–Crippen MR) is 63.7 cm³/mol. The molecule has 0 spiro atoms. The summed E-state index contributed by atoms with van der Waals surface area (Å²) in [5.41, 5.74) is -0.339. The van der Waals surface area contributed by atoms with Gasteiger partial charge in [-0.3, -0.25) is 4.98 Å². The molecule has 90 valence electrons. The molecule has 0 radical (unpaired) electrons. The molecule has 2 heterocycles. The second-order valence-corrected chi connectivity index (χ2v) is 3.42. The Morgan fingerprint density at radius 1 is 1.19 bits per heavy atom. The number of nitrogens with zero attached hydrogens (tertiary/aromatic N) is 4. The summed E-state index contributed by atoms with van der Waals surface area (Å²) in [5, 5.41) is 0. The van der Waals surface area contributed by atoms with Crippen LogP contribution in [0.3, 0.4) is 0 Å². The predicted octanol–water partition coefficient (Wildman–Crippen LogP) is -0.0571. The fourth-order valence-corrected chi connectivity index (χ4v) is 1.48. The van der Waals surface area contributed by atoms with Crippen LogP contribution in [0.2, 0.25) is 0 Å². The summed E-state index contributed by atoms with van der Waals surface area (Å²) in [6.07, 6.45) is 1.30. The van der Waals surface area contributed by atoms with E-state index in [1.165, 1.54) is 6.33 Å². The zero-order valence-corrected chi connectivity index (χ0v) is 10.1. The topological polar surface area (TPSA) is 65.1 Å². The third-order valence-corrected chi connectivity index (χ3v) is 2.38. The van der Waals surface area contributed by atoms with E-state index in [4.69, 9.17) is 0 Å². The van der Waals surface area contributed by atoms with Gasteiger partial charge in [0.05, 0.1) is 0 Å². The van der Waals surface area contributed by atoms with E-state index >= 15 is 0 Å². The van der Waals surface area contributed by atoms with Crippen LogP contribution in [0.5, 0.6) is 0 Å². The summed E-state index contributed by atoms with van der Waals surface area (Å²) in [6.45, 7) is 7.77. The molecule has 1 N–H and O–H groups in total. The van der Waals surface area contributed by atoms with Crippen LogP contribution in [0.25, 0.3) is 0 Å². The summed E-state index contributed by atoms with van der Waals surface area (Å²) in [6, 6.07) is 0. The van der Waals surface area contributed by atoms with Crippen molar-refractivity contribution in [3.63, 3.8) is 0 Å². The SMILES string of the molecule is CC.CN1CCN(c2ncnc(=O)[nH]2)CC1. The van der Waals surface area contributed by atoms with E-state index in [0.717, 1.165) is 26.2 Å². The normalized spacial score (nSPS) is 16.6. The molecule has 6 nitrogen and oxygen atoms in total. The number of piperazine rings is 1. The molecule has 1 aromatic heterocycles. The van der Waals surface area contributed by atoms with Crippen LogP contribution in [-0.2, 0) is 0 Å². The summed E-state index contributed by atoms with van der Waals surface area (Å²) in [7, 11) is 2.08. The number of anilines is 1. The molecule has 1 fully saturated rings. The van der Waals surface area contributed by atoms with Gasteiger partial charge in [0.15, 0.2) is 0 Å². The monoisotopic (exact) mass is 225 g/mol. The Hall–Kier alpha value is -1.43. The quantitative estimate of drug-likeness (QED) is 0.725. The van der Waals surface area contributed by atoms with Gasteiger partial charge in [-0.15, -0.1) is 0 Å². The smallest absolute Gasteiger partial charge is 0.340 e. The third kappa shape index (κ3) is 3.30. The van der Waals surface area contributed by atoms with E-state index in [0.29, 0.717) is 5.95 Å². The molecule has 1 aromatic rings. The summed E-state index contributed by atoms with van der Waals surface area (Å²) in [4.78, 5) is 25.4. The molecule has 1 saturated heterocycles. The molecule has 2 rings (SSSR count). The van der Waals surface area contributed by atoms with Gasteiger partial charge in [-0.25, -0.2) is 9.78 Å². The largest absolute Gasteiger partial charge is 0.349 e. The van der Waals surface area contributed by atoms with Crippen LogP contribution in [0.4, 0.5) is 5.95 Å². The van der Waals surface area contributed by atoms with Crippen molar-refractivity contribution in [2.75, 3.05) is 38.1 Å². The summed E-state index contributed by atoms with van der Waals surface area (Å²) in [5.74, 6) is 0.623. The molecule has 0 aliphatic carbocycles. The standard InChI is InChI=1S/C8H13N5O.C2H6/c1-12-2-4-13(5-3-12)7-9-6-10-8(14)11-7;1-2/h6H,2-5H2,1H3,(H,9,10,11,14);1-2H3. The number of aromatic nitrogens is 3. The molecule has 0 saturated carbocycles. The van der Waals surface area contributed by atoms with E-state index in [1.54, 1.807) is 0 Å². The Balaban J connectivity index is 0.000000606. The zero-order chi connectivity index (χ0) is 12.0. The molecule has 1 aliphatic rings. The maximum absolute atomic E-state index is 11.0. The number of rotatable bonds is 1. The molecule has 0 amide bonds. The van der Waals surface area contributed by atoms with Gasteiger partial charge in [-0.2, -0.15) is 4.98 Å². The van der Waals surface area contributed by atoms with Crippen molar-refractivity contribution >= 4 is 5.95 Å². The lowest BCUT2D eigenvalue weighted by molar-refractivity contribution is 0.311. The van der Waals surface area contributed by atoms with E-state index in [9.17, 15) is 4.79 Å². The van der Waals surface area contributed by atoms with Crippen molar-refractivity contribution in [1.29, 1.82) is 0 Å². The third-order valence-electron chi connectivity index (χ3n) is 2.38. The van der Waals surface area contributed by atoms with E-state index in [-0.39, 0.29) is 5.69 Å². The lowest BCUT2D eigenvalue weighted by atomic mass is 10.3. The summed E-state index contributed by atoms with van der Waals surface area (Å²) < 4.78 is 0. The second-order valence-electron chi connectivity index (χ2n) is 3.42. The zero-order valence-electron chi connectivity index (χ0n) is 10.1. The second kappa shape index (κ2) is 6.22. The van der Waals surface area contributed by atoms with Gasteiger partial charge in [-0.05, 0) is 7.05 Å². The Morgan fingerprint density at radius 3 is 2.38 bits per heavy atom. The Kier molecular flexibility index (Phi) is 4.91. The molecule has 1 aliphatic heterocycles. The number of aromatic amines is 1. The Morgan fingerprint density at radius 2 is 1.81 bits per heavy atom. The highest BCUT2D eigenvalue weighted by molar-refractivity contribution is 5.28. The highest BCUT2D eigenvalue weighted by Gasteiger charge is 2.15. The Bertz CT molecular complexity index is 356. The highest BCUT2D eigenvalue weighted by Crippen LogP contribution is 2.06. The average molecular weight is 225 g/mol. The van der Waals surface area contributed by atoms with Crippen LogP contribution in [0.1, 0.15) is 13.8 Å². The number of hydrogen-bond donors (Lipinski definition) is 1. The van der Waals surface area contributed by atoms with Gasteiger partial charge in [0, 0.05) is 26.2 Å². The van der Waals surface area contributed by atoms with Crippen molar-refractivity contribution in [2.24, 2.45) is 0 Å². The minimum absolute atomic E-state index is 0.339. The summed E-state index contributed by atoms with van der Waals surface area (Å²) >= 11 is 0. The molecule has 0 unspecified atom stereocenters. The first kappa shape index (κ1) is 12.6. The van der Waals surface area contributed by atoms with Gasteiger partial charge in [0.1, 0.15) is 6.33 Å². The lowest BCUT2D eigenvalue weighted by Crippen LogP contribution is -2.45. The molecular formula is C10H19N5O. The van der Waals surface area contributed by atoms with Gasteiger partial charge >= 0.3 is 5.69 Å². The molecule has 0 aromatic carbocycles. The number of nitrogens with one attached hydrogen (secondary N) is 1. The van der Waals surface area contributed by atoms with E-state index < -0.39 is 0 Å². The number of hydrogen-bond acceptors (Lipinski definition) is 5. The minimum atomic E-state index is -0.339. The first-order chi connectivity index (χ1) is 7.75. The van der Waals surface area contributed by atoms with Crippen molar-refractivity contribution < 1.29 is 0 Å². The fourth-order valence-electron chi connectivity index (χ4n) is 1.48. The Labute approximate surface area is 95.3 Å². The number of H-pyrrole nitrogens is 1. The fraction of sp³-hybridized carbons (Fsp3) is 0.700. The van der Waals surface area contributed by atoms with Gasteiger partial charge < -0.3 is 9.80 Å². The lowest BCUT2D eigenvalue weighted by Gasteiger charge is -2.32. The van der Waals surface area contributed by atoms with Crippen molar-refractivity contribution in [1.82, 2.24) is 19.9 Å². The maximum Gasteiger partial charge on any atom is 0.349 e. The minimum Gasteiger partial charge on any atom is -0.340 e. The van der Waals surface area contributed by atoms with Gasteiger partial charge in [0.2, 0.25) is 5.95 Å². The molecule has 6 heteroatoms. The molecule has 0 bridgehead atoms. The molecular weight excluding hydrogens is 206 g/mol. The maximum atomic E-state index is 11.0. The van der Waals surface area contributed by atoms with Crippen LogP contribution in [0.15, 0.2) is 11.1 Å². The number of likely N-dealkylation sites (N-methyl/N-ethyl adjacent to an activating group) is 1. The van der Waals surface area contributed by atoms with Crippen molar-refractivity contribution in [2.45, 2.75) is 13.8 Å². The van der Waals surface area contributed by atoms with Crippen molar-refractivity contribution in [3.05, 3.63) is 16.8 Å². The molecule has 0 atom stereocenters.